The SMILES string of the molecule is CCc1cc2c(cc1O)CCC1C2CCC2(C)c3[nH]nc(C(=O)NCc4ccccn4)c3CC12. The highest BCUT2D eigenvalue weighted by Gasteiger charge is 2.54. The normalized spacial score (nSPS) is 26.8. The third kappa shape index (κ3) is 3.18. The van der Waals surface area contributed by atoms with Gasteiger partial charge in [-0.1, -0.05) is 26.0 Å². The third-order valence-electron chi connectivity index (χ3n) is 8.93. The molecule has 4 atom stereocenters. The second kappa shape index (κ2) is 7.97. The predicted molar refractivity (Wildman–Crippen MR) is 130 cm³/mol. The lowest BCUT2D eigenvalue weighted by atomic mass is 9.55. The molecule has 3 aliphatic carbocycles. The minimum atomic E-state index is -0.126. The summed E-state index contributed by atoms with van der Waals surface area (Å²) >= 11 is 0. The fourth-order valence-corrected chi connectivity index (χ4v) is 7.15. The van der Waals surface area contributed by atoms with E-state index in [1.165, 1.54) is 16.8 Å². The van der Waals surface area contributed by atoms with Gasteiger partial charge in [0.1, 0.15) is 5.75 Å². The number of fused-ring (bicyclic) bond motifs is 7. The average Bonchev–Trinajstić information content (AvgIpc) is 3.40. The van der Waals surface area contributed by atoms with Crippen LogP contribution >= 0.6 is 0 Å². The van der Waals surface area contributed by atoms with Gasteiger partial charge in [0, 0.05) is 22.9 Å². The maximum Gasteiger partial charge on any atom is 0.272 e. The fourth-order valence-electron chi connectivity index (χ4n) is 7.15. The molecule has 2 aromatic heterocycles. The number of hydrogen-bond acceptors (Lipinski definition) is 4. The number of carbonyl (C=O) groups is 1. The molecule has 6 nitrogen and oxygen atoms in total. The number of rotatable bonds is 4. The van der Waals surface area contributed by atoms with E-state index in [4.69, 9.17) is 0 Å². The number of nitrogens with zero attached hydrogens (tertiary/aromatic N) is 2. The number of H-pyrrole nitrogens is 1. The molecule has 1 amide bonds. The summed E-state index contributed by atoms with van der Waals surface area (Å²) < 4.78 is 0. The Labute approximate surface area is 200 Å². The zero-order valence-electron chi connectivity index (χ0n) is 19.9. The van der Waals surface area contributed by atoms with Crippen molar-refractivity contribution in [3.8, 4) is 5.75 Å². The van der Waals surface area contributed by atoms with Crippen molar-refractivity contribution in [3.05, 3.63) is 75.9 Å². The monoisotopic (exact) mass is 456 g/mol. The van der Waals surface area contributed by atoms with Crippen LogP contribution < -0.4 is 5.32 Å². The first-order valence-electron chi connectivity index (χ1n) is 12.6. The van der Waals surface area contributed by atoms with E-state index in [2.05, 4.69) is 40.4 Å². The Morgan fingerprint density at radius 1 is 1.29 bits per heavy atom. The van der Waals surface area contributed by atoms with Gasteiger partial charge in [0.05, 0.1) is 12.2 Å². The number of aryl methyl sites for hydroxylation is 2. The zero-order chi connectivity index (χ0) is 23.4. The van der Waals surface area contributed by atoms with Crippen molar-refractivity contribution in [2.24, 2.45) is 11.8 Å². The van der Waals surface area contributed by atoms with E-state index in [9.17, 15) is 9.90 Å². The molecule has 1 saturated carbocycles. The molecule has 1 fully saturated rings. The van der Waals surface area contributed by atoms with Crippen LogP contribution in [0.2, 0.25) is 0 Å². The van der Waals surface area contributed by atoms with Gasteiger partial charge >= 0.3 is 0 Å². The number of phenols is 1. The number of hydrogen-bond donors (Lipinski definition) is 3. The largest absolute Gasteiger partial charge is 0.508 e. The Balaban J connectivity index is 1.27. The standard InChI is InChI=1S/C28H32N4O2/c1-3-16-12-21-17(13-24(16)33)7-8-20-19(21)9-10-28(2)23(20)14-22-25(31-32-26(22)28)27(34)30-15-18-6-4-5-11-29-18/h4-6,11-13,19-20,23,33H,3,7-10,14-15H2,1-2H3,(H,30,34)(H,31,32). The fraction of sp³-hybridized carbons (Fsp3) is 0.464. The van der Waals surface area contributed by atoms with Gasteiger partial charge in [-0.25, -0.2) is 0 Å². The minimum absolute atomic E-state index is 0.0328. The lowest BCUT2D eigenvalue weighted by molar-refractivity contribution is 0.0937. The number of nitrogens with one attached hydrogen (secondary N) is 2. The molecule has 3 aromatic rings. The molecular weight excluding hydrogens is 424 g/mol. The molecule has 0 saturated heterocycles. The average molecular weight is 457 g/mol. The Bertz CT molecular complexity index is 1250. The maximum absolute atomic E-state index is 13.1. The highest BCUT2D eigenvalue weighted by Crippen LogP contribution is 2.60. The summed E-state index contributed by atoms with van der Waals surface area (Å²) in [6.07, 6.45) is 7.88. The van der Waals surface area contributed by atoms with Crippen molar-refractivity contribution in [2.75, 3.05) is 0 Å². The summed E-state index contributed by atoms with van der Waals surface area (Å²) in [7, 11) is 0. The molecule has 34 heavy (non-hydrogen) atoms. The molecule has 0 aliphatic heterocycles. The number of aromatic hydroxyl groups is 1. The Morgan fingerprint density at radius 2 is 2.18 bits per heavy atom. The van der Waals surface area contributed by atoms with Crippen LogP contribution in [0.1, 0.15) is 83.2 Å². The Hall–Kier alpha value is -3.15. The van der Waals surface area contributed by atoms with Crippen molar-refractivity contribution in [2.45, 2.75) is 70.3 Å². The first-order valence-corrected chi connectivity index (χ1v) is 12.6. The predicted octanol–water partition coefficient (Wildman–Crippen LogP) is 4.57. The van der Waals surface area contributed by atoms with E-state index in [0.29, 0.717) is 35.7 Å². The quantitative estimate of drug-likeness (QED) is 0.536. The van der Waals surface area contributed by atoms with Gasteiger partial charge in [-0.05, 0) is 91.2 Å². The second-order valence-corrected chi connectivity index (χ2v) is 10.5. The van der Waals surface area contributed by atoms with Crippen molar-refractivity contribution in [3.63, 3.8) is 0 Å². The summed E-state index contributed by atoms with van der Waals surface area (Å²) in [5, 5.41) is 21.2. The molecule has 1 aromatic carbocycles. The van der Waals surface area contributed by atoms with Crippen molar-refractivity contribution in [1.29, 1.82) is 0 Å². The summed E-state index contributed by atoms with van der Waals surface area (Å²) in [5.74, 6) is 1.95. The number of amides is 1. The molecule has 4 unspecified atom stereocenters. The van der Waals surface area contributed by atoms with Gasteiger partial charge < -0.3 is 10.4 Å². The molecule has 0 spiro atoms. The molecule has 0 bridgehead atoms. The summed E-state index contributed by atoms with van der Waals surface area (Å²) in [6, 6.07) is 10.0. The van der Waals surface area contributed by atoms with Crippen molar-refractivity contribution >= 4 is 5.91 Å². The lowest BCUT2D eigenvalue weighted by Crippen LogP contribution is -2.43. The second-order valence-electron chi connectivity index (χ2n) is 10.5. The number of benzene rings is 1. The van der Waals surface area contributed by atoms with Crippen LogP contribution in [0.15, 0.2) is 36.5 Å². The number of pyridine rings is 1. The highest BCUT2D eigenvalue weighted by atomic mass is 16.3. The van der Waals surface area contributed by atoms with Crippen LogP contribution in [-0.2, 0) is 31.2 Å². The molecule has 3 aliphatic rings. The van der Waals surface area contributed by atoms with Gasteiger partial charge in [-0.2, -0.15) is 5.10 Å². The van der Waals surface area contributed by atoms with Crippen LogP contribution in [0.3, 0.4) is 0 Å². The van der Waals surface area contributed by atoms with Crippen LogP contribution in [-0.4, -0.2) is 26.2 Å². The number of phenolic OH excluding ortho intramolecular Hbond substituents is 1. The van der Waals surface area contributed by atoms with Gasteiger partial charge in [0.2, 0.25) is 0 Å². The Morgan fingerprint density at radius 3 is 2.97 bits per heavy atom. The molecule has 176 valence electrons. The topological polar surface area (TPSA) is 90.9 Å². The first-order chi connectivity index (χ1) is 16.5. The van der Waals surface area contributed by atoms with Crippen molar-refractivity contribution in [1.82, 2.24) is 20.5 Å². The number of carbonyl (C=O) groups excluding carboxylic acids is 1. The van der Waals surface area contributed by atoms with Gasteiger partial charge in [0.25, 0.3) is 5.91 Å². The van der Waals surface area contributed by atoms with E-state index < -0.39 is 0 Å². The van der Waals surface area contributed by atoms with E-state index in [1.54, 1.807) is 6.20 Å². The maximum atomic E-state index is 13.1. The summed E-state index contributed by atoms with van der Waals surface area (Å²) in [5.41, 5.74) is 7.53. The molecule has 3 N–H and O–H groups in total. The molecule has 6 heteroatoms. The molecule has 0 radical (unpaired) electrons. The van der Waals surface area contributed by atoms with E-state index in [1.807, 2.05) is 24.3 Å². The molecular formula is C28H32N4O2. The highest BCUT2D eigenvalue weighted by molar-refractivity contribution is 5.94. The van der Waals surface area contributed by atoms with Gasteiger partial charge in [0.15, 0.2) is 5.69 Å². The number of aromatic amines is 1. The first kappa shape index (κ1) is 21.4. The minimum Gasteiger partial charge on any atom is -0.508 e. The molecule has 2 heterocycles. The van der Waals surface area contributed by atoms with E-state index in [0.717, 1.165) is 55.3 Å². The summed E-state index contributed by atoms with van der Waals surface area (Å²) in [6.45, 7) is 4.88. The third-order valence-corrected chi connectivity index (χ3v) is 8.93. The van der Waals surface area contributed by atoms with Gasteiger partial charge in [-0.15, -0.1) is 0 Å². The van der Waals surface area contributed by atoms with Crippen LogP contribution in [0.5, 0.6) is 5.75 Å². The van der Waals surface area contributed by atoms with E-state index >= 15 is 0 Å². The van der Waals surface area contributed by atoms with Gasteiger partial charge in [-0.3, -0.25) is 14.9 Å². The van der Waals surface area contributed by atoms with Crippen LogP contribution in [0.4, 0.5) is 0 Å². The zero-order valence-corrected chi connectivity index (χ0v) is 19.9. The smallest absolute Gasteiger partial charge is 0.272 e. The number of aromatic nitrogens is 3. The lowest BCUT2D eigenvalue weighted by Gasteiger charge is -2.49. The Kier molecular flexibility index (Phi) is 5.01. The van der Waals surface area contributed by atoms with Crippen LogP contribution in [0.25, 0.3) is 0 Å². The summed E-state index contributed by atoms with van der Waals surface area (Å²) in [4.78, 5) is 17.3. The van der Waals surface area contributed by atoms with E-state index in [-0.39, 0.29) is 11.3 Å². The van der Waals surface area contributed by atoms with Crippen LogP contribution in [0, 0.1) is 11.8 Å². The molecule has 6 rings (SSSR count). The van der Waals surface area contributed by atoms with Crippen molar-refractivity contribution < 1.29 is 9.90 Å².